The van der Waals surface area contributed by atoms with Crippen LogP contribution in [0, 0.1) is 0 Å². The van der Waals surface area contributed by atoms with Crippen LogP contribution in [0.2, 0.25) is 0 Å². The molecule has 0 radical (unpaired) electrons. The first kappa shape index (κ1) is 14.3. The van der Waals surface area contributed by atoms with Crippen LogP contribution in [0.1, 0.15) is 27.2 Å². The summed E-state index contributed by atoms with van der Waals surface area (Å²) < 4.78 is 0. The average molecular weight is 231 g/mol. The molecule has 0 aliphatic rings. The van der Waals surface area contributed by atoms with Crippen LogP contribution in [0.3, 0.4) is 0 Å². The number of rotatable bonds is 5. The maximum atomic E-state index is 11.3. The van der Waals surface area contributed by atoms with Gasteiger partial charge >= 0.3 is 0 Å². The van der Waals surface area contributed by atoms with E-state index in [4.69, 9.17) is 12.2 Å². The first-order valence-corrected chi connectivity index (χ1v) is 5.48. The summed E-state index contributed by atoms with van der Waals surface area (Å²) in [4.78, 5) is 12.1. The quantitative estimate of drug-likeness (QED) is 0.601. The third-order valence-electron chi connectivity index (χ3n) is 1.73. The van der Waals surface area contributed by atoms with Gasteiger partial charge in [0.25, 0.3) is 0 Å². The lowest BCUT2D eigenvalue weighted by molar-refractivity contribution is -0.120. The molecule has 0 aliphatic carbocycles. The van der Waals surface area contributed by atoms with E-state index in [1.54, 1.807) is 7.05 Å². The van der Waals surface area contributed by atoms with Gasteiger partial charge in [0.15, 0.2) is 0 Å². The Balaban J connectivity index is 3.54. The van der Waals surface area contributed by atoms with E-state index in [9.17, 15) is 4.79 Å². The molecule has 0 saturated heterocycles. The molecule has 0 spiro atoms. The number of thiocarbonyl (C=S) groups is 1. The van der Waals surface area contributed by atoms with Crippen LogP contribution in [0.15, 0.2) is 0 Å². The summed E-state index contributed by atoms with van der Waals surface area (Å²) in [5, 5.41) is 8.76. The van der Waals surface area contributed by atoms with E-state index in [2.05, 4.69) is 16.0 Å². The molecule has 15 heavy (non-hydrogen) atoms. The maximum absolute atomic E-state index is 11.3. The van der Waals surface area contributed by atoms with E-state index in [0.29, 0.717) is 19.5 Å². The van der Waals surface area contributed by atoms with E-state index in [0.717, 1.165) is 4.99 Å². The number of carbonyl (C=O) groups excluding carboxylic acids is 1. The van der Waals surface area contributed by atoms with Gasteiger partial charge in [-0.3, -0.25) is 4.79 Å². The first-order chi connectivity index (χ1) is 6.85. The van der Waals surface area contributed by atoms with Gasteiger partial charge in [-0.15, -0.1) is 0 Å². The molecule has 0 saturated carbocycles. The third-order valence-corrected chi connectivity index (χ3v) is 2.14. The van der Waals surface area contributed by atoms with Crippen LogP contribution in [-0.2, 0) is 4.79 Å². The van der Waals surface area contributed by atoms with Crippen molar-refractivity contribution < 1.29 is 4.79 Å². The van der Waals surface area contributed by atoms with Crippen molar-refractivity contribution in [1.82, 2.24) is 16.0 Å². The minimum Gasteiger partial charge on any atom is -0.383 e. The second-order valence-corrected chi connectivity index (χ2v) is 4.87. The van der Waals surface area contributed by atoms with Crippen molar-refractivity contribution in [2.24, 2.45) is 0 Å². The SMILES string of the molecule is CNC(=S)CCNC(=O)CNC(C)(C)C. The van der Waals surface area contributed by atoms with Gasteiger partial charge in [-0.1, -0.05) is 12.2 Å². The fourth-order valence-electron chi connectivity index (χ4n) is 0.848. The average Bonchev–Trinajstić information content (AvgIpc) is 2.13. The Kier molecular flexibility index (Phi) is 6.43. The Morgan fingerprint density at radius 3 is 2.40 bits per heavy atom. The van der Waals surface area contributed by atoms with Crippen LogP contribution < -0.4 is 16.0 Å². The molecule has 0 aromatic heterocycles. The molecule has 0 rings (SSSR count). The number of carbonyl (C=O) groups is 1. The second kappa shape index (κ2) is 6.74. The van der Waals surface area contributed by atoms with Crippen molar-refractivity contribution in [1.29, 1.82) is 0 Å². The molecule has 3 N–H and O–H groups in total. The number of amides is 1. The zero-order chi connectivity index (χ0) is 11.9. The highest BCUT2D eigenvalue weighted by Gasteiger charge is 2.10. The van der Waals surface area contributed by atoms with Crippen LogP contribution in [0.4, 0.5) is 0 Å². The summed E-state index contributed by atoms with van der Waals surface area (Å²) in [7, 11) is 1.78. The number of hydrogen-bond acceptors (Lipinski definition) is 3. The van der Waals surface area contributed by atoms with Gasteiger partial charge in [0.05, 0.1) is 11.5 Å². The smallest absolute Gasteiger partial charge is 0.233 e. The third kappa shape index (κ3) is 9.62. The topological polar surface area (TPSA) is 53.2 Å². The van der Waals surface area contributed by atoms with Crippen molar-refractivity contribution in [3.8, 4) is 0 Å². The van der Waals surface area contributed by atoms with Crippen LogP contribution >= 0.6 is 12.2 Å². The molecule has 0 aromatic rings. The normalized spacial score (nSPS) is 10.9. The molecule has 0 aliphatic heterocycles. The fraction of sp³-hybridized carbons (Fsp3) is 0.800. The van der Waals surface area contributed by atoms with E-state index in [1.165, 1.54) is 0 Å². The van der Waals surface area contributed by atoms with E-state index in [1.807, 2.05) is 20.8 Å². The minimum atomic E-state index is -0.0301. The lowest BCUT2D eigenvalue weighted by Gasteiger charge is -2.19. The highest BCUT2D eigenvalue weighted by molar-refractivity contribution is 7.80. The van der Waals surface area contributed by atoms with Gasteiger partial charge < -0.3 is 16.0 Å². The largest absolute Gasteiger partial charge is 0.383 e. The predicted octanol–water partition coefficient (Wildman–Crippen LogP) is 0.428. The molecule has 0 fully saturated rings. The monoisotopic (exact) mass is 231 g/mol. The molecular weight excluding hydrogens is 210 g/mol. The summed E-state index contributed by atoms with van der Waals surface area (Å²) in [6, 6.07) is 0. The molecule has 5 heteroatoms. The summed E-state index contributed by atoms with van der Waals surface area (Å²) >= 11 is 4.95. The Morgan fingerprint density at radius 2 is 1.93 bits per heavy atom. The van der Waals surface area contributed by atoms with Gasteiger partial charge in [0.2, 0.25) is 5.91 Å². The lowest BCUT2D eigenvalue weighted by atomic mass is 10.1. The predicted molar refractivity (Wildman–Crippen MR) is 67.0 cm³/mol. The highest BCUT2D eigenvalue weighted by atomic mass is 32.1. The van der Waals surface area contributed by atoms with Crippen LogP contribution in [0.5, 0.6) is 0 Å². The Bertz CT molecular complexity index is 223. The van der Waals surface area contributed by atoms with Crippen molar-refractivity contribution in [2.75, 3.05) is 20.1 Å². The summed E-state index contributed by atoms with van der Waals surface area (Å²) in [5.74, 6) is 0.00354. The number of hydrogen-bond donors (Lipinski definition) is 3. The van der Waals surface area contributed by atoms with Crippen LogP contribution in [-0.4, -0.2) is 36.6 Å². The molecule has 88 valence electrons. The molecule has 0 unspecified atom stereocenters. The van der Waals surface area contributed by atoms with Crippen molar-refractivity contribution in [3.05, 3.63) is 0 Å². The van der Waals surface area contributed by atoms with Gasteiger partial charge in [-0.25, -0.2) is 0 Å². The van der Waals surface area contributed by atoms with Crippen molar-refractivity contribution in [2.45, 2.75) is 32.7 Å². The van der Waals surface area contributed by atoms with Crippen molar-refractivity contribution >= 4 is 23.1 Å². The Hall–Kier alpha value is -0.680. The van der Waals surface area contributed by atoms with Crippen LogP contribution in [0.25, 0.3) is 0 Å². The minimum absolute atomic E-state index is 0.00354. The van der Waals surface area contributed by atoms with E-state index >= 15 is 0 Å². The molecular formula is C10H21N3OS. The summed E-state index contributed by atoms with van der Waals surface area (Å²) in [6.07, 6.45) is 0.688. The zero-order valence-electron chi connectivity index (χ0n) is 9.94. The molecule has 1 amide bonds. The highest BCUT2D eigenvalue weighted by Crippen LogP contribution is 1.96. The Morgan fingerprint density at radius 1 is 1.33 bits per heavy atom. The molecule has 0 atom stereocenters. The standard InChI is InChI=1S/C10H21N3OS/c1-10(2,3)13-7-8(14)12-6-5-9(15)11-4/h13H,5-7H2,1-4H3,(H,11,15)(H,12,14). The van der Waals surface area contributed by atoms with Crippen molar-refractivity contribution in [3.63, 3.8) is 0 Å². The molecule has 0 bridgehead atoms. The van der Waals surface area contributed by atoms with E-state index < -0.39 is 0 Å². The second-order valence-electron chi connectivity index (χ2n) is 4.38. The lowest BCUT2D eigenvalue weighted by Crippen LogP contribution is -2.43. The molecule has 0 aromatic carbocycles. The maximum Gasteiger partial charge on any atom is 0.233 e. The van der Waals surface area contributed by atoms with E-state index in [-0.39, 0.29) is 11.4 Å². The van der Waals surface area contributed by atoms with Gasteiger partial charge in [0, 0.05) is 25.6 Å². The Labute approximate surface area is 97.2 Å². The number of nitrogens with one attached hydrogen (secondary N) is 3. The molecule has 0 heterocycles. The fourth-order valence-corrected chi connectivity index (χ4v) is 0.950. The summed E-state index contributed by atoms with van der Waals surface area (Å²) in [6.45, 7) is 7.00. The molecule has 4 nitrogen and oxygen atoms in total. The summed E-state index contributed by atoms with van der Waals surface area (Å²) in [5.41, 5.74) is -0.0301. The van der Waals surface area contributed by atoms with Gasteiger partial charge in [0.1, 0.15) is 0 Å². The van der Waals surface area contributed by atoms with Gasteiger partial charge in [-0.2, -0.15) is 0 Å². The zero-order valence-corrected chi connectivity index (χ0v) is 10.8. The first-order valence-electron chi connectivity index (χ1n) is 5.07. The van der Waals surface area contributed by atoms with Gasteiger partial charge in [-0.05, 0) is 20.8 Å².